The lowest BCUT2D eigenvalue weighted by molar-refractivity contribution is 0.0628. The molecule has 7 heteroatoms. The molecule has 1 heterocycles. The van der Waals surface area contributed by atoms with E-state index in [1.807, 2.05) is 53.4 Å². The van der Waals surface area contributed by atoms with Gasteiger partial charge in [0.25, 0.3) is 5.91 Å². The molecule has 33 heavy (non-hydrogen) atoms. The van der Waals surface area contributed by atoms with Crippen molar-refractivity contribution in [1.82, 2.24) is 9.80 Å². The van der Waals surface area contributed by atoms with Gasteiger partial charge in [-0.25, -0.2) is 0 Å². The van der Waals surface area contributed by atoms with Crippen molar-refractivity contribution in [3.63, 3.8) is 0 Å². The summed E-state index contributed by atoms with van der Waals surface area (Å²) in [6.07, 6.45) is 0. The van der Waals surface area contributed by atoms with Gasteiger partial charge in [0.05, 0.1) is 28.4 Å². The number of hydrogen-bond acceptors (Lipinski definition) is 6. The zero-order chi connectivity index (χ0) is 23.4. The van der Waals surface area contributed by atoms with Gasteiger partial charge in [0.15, 0.2) is 11.5 Å². The molecule has 0 aliphatic carbocycles. The first kappa shape index (κ1) is 22.7. The maximum absolute atomic E-state index is 13.1. The van der Waals surface area contributed by atoms with E-state index in [4.69, 9.17) is 18.9 Å². The van der Waals surface area contributed by atoms with Crippen molar-refractivity contribution in [1.29, 1.82) is 0 Å². The molecule has 3 aromatic rings. The van der Waals surface area contributed by atoms with Gasteiger partial charge in [0.2, 0.25) is 5.75 Å². The Morgan fingerprint density at radius 1 is 0.758 bits per heavy atom. The van der Waals surface area contributed by atoms with Gasteiger partial charge < -0.3 is 23.8 Å². The van der Waals surface area contributed by atoms with Crippen molar-refractivity contribution in [2.24, 2.45) is 0 Å². The number of hydrogen-bond donors (Lipinski definition) is 0. The Kier molecular flexibility index (Phi) is 6.89. The second-order valence-corrected chi connectivity index (χ2v) is 8.03. The van der Waals surface area contributed by atoms with Crippen molar-refractivity contribution < 1.29 is 23.7 Å². The van der Waals surface area contributed by atoms with Crippen LogP contribution in [0.2, 0.25) is 0 Å². The summed E-state index contributed by atoms with van der Waals surface area (Å²) in [4.78, 5) is 17.4. The van der Waals surface area contributed by atoms with Gasteiger partial charge >= 0.3 is 0 Å². The summed E-state index contributed by atoms with van der Waals surface area (Å²) in [5.41, 5.74) is 1.79. The molecule has 1 amide bonds. The summed E-state index contributed by atoms with van der Waals surface area (Å²) in [6, 6.07) is 15.7. The highest BCUT2D eigenvalue weighted by molar-refractivity contribution is 5.98. The van der Waals surface area contributed by atoms with E-state index in [0.717, 1.165) is 41.7 Å². The minimum Gasteiger partial charge on any atom is -0.497 e. The largest absolute Gasteiger partial charge is 0.497 e. The van der Waals surface area contributed by atoms with Crippen molar-refractivity contribution in [3.8, 4) is 23.0 Å². The molecule has 4 rings (SSSR count). The molecular weight excluding hydrogens is 420 g/mol. The zero-order valence-corrected chi connectivity index (χ0v) is 19.6. The third-order valence-corrected chi connectivity index (χ3v) is 6.08. The Balaban J connectivity index is 1.41. The van der Waals surface area contributed by atoms with Gasteiger partial charge in [-0.3, -0.25) is 9.69 Å². The number of fused-ring (bicyclic) bond motifs is 1. The first-order chi connectivity index (χ1) is 16.1. The molecule has 0 aromatic heterocycles. The SMILES string of the molecule is COc1ccc2cc(C(=O)N3CCN(Cc4cc(OC)c(OC)c(OC)c4)CC3)ccc2c1. The van der Waals surface area contributed by atoms with Crippen LogP contribution >= 0.6 is 0 Å². The summed E-state index contributed by atoms with van der Waals surface area (Å²) in [7, 11) is 6.49. The zero-order valence-electron chi connectivity index (χ0n) is 19.6. The van der Waals surface area contributed by atoms with Crippen LogP contribution in [0.4, 0.5) is 0 Å². The predicted molar refractivity (Wildman–Crippen MR) is 128 cm³/mol. The van der Waals surface area contributed by atoms with Crippen LogP contribution in [-0.4, -0.2) is 70.3 Å². The van der Waals surface area contributed by atoms with Crippen LogP contribution in [-0.2, 0) is 6.54 Å². The van der Waals surface area contributed by atoms with E-state index >= 15 is 0 Å². The van der Waals surface area contributed by atoms with Gasteiger partial charge in [0.1, 0.15) is 5.75 Å². The molecule has 0 bridgehead atoms. The van der Waals surface area contributed by atoms with E-state index < -0.39 is 0 Å². The van der Waals surface area contributed by atoms with E-state index in [-0.39, 0.29) is 5.91 Å². The second kappa shape index (κ2) is 10.0. The molecular formula is C26H30N2O5. The van der Waals surface area contributed by atoms with Crippen LogP contribution in [0.15, 0.2) is 48.5 Å². The minimum atomic E-state index is 0.0696. The fraction of sp³-hybridized carbons (Fsp3) is 0.346. The summed E-state index contributed by atoms with van der Waals surface area (Å²) in [6.45, 7) is 3.71. The molecule has 0 N–H and O–H groups in total. The smallest absolute Gasteiger partial charge is 0.253 e. The normalized spacial score (nSPS) is 14.2. The molecule has 7 nitrogen and oxygen atoms in total. The number of ether oxygens (including phenoxy) is 4. The van der Waals surface area contributed by atoms with Gasteiger partial charge in [0, 0.05) is 38.3 Å². The standard InChI is InChI=1S/C26H30N2O5/c1-30-22-8-7-19-15-21(6-5-20(19)16-22)26(29)28-11-9-27(10-12-28)17-18-13-23(31-2)25(33-4)24(14-18)32-3/h5-8,13-16H,9-12,17H2,1-4H3. The van der Waals surface area contributed by atoms with Crippen LogP contribution in [0, 0.1) is 0 Å². The molecule has 0 atom stereocenters. The van der Waals surface area contributed by atoms with E-state index in [1.165, 1.54) is 0 Å². The van der Waals surface area contributed by atoms with E-state index in [2.05, 4.69) is 4.90 Å². The number of amides is 1. The average Bonchev–Trinajstić information content (AvgIpc) is 2.87. The highest BCUT2D eigenvalue weighted by Gasteiger charge is 2.23. The average molecular weight is 451 g/mol. The van der Waals surface area contributed by atoms with Crippen LogP contribution < -0.4 is 18.9 Å². The lowest BCUT2D eigenvalue weighted by Gasteiger charge is -2.35. The highest BCUT2D eigenvalue weighted by Crippen LogP contribution is 2.38. The van der Waals surface area contributed by atoms with Crippen LogP contribution in [0.5, 0.6) is 23.0 Å². The molecule has 1 aliphatic rings. The molecule has 0 radical (unpaired) electrons. The molecule has 0 spiro atoms. The van der Waals surface area contributed by atoms with Crippen molar-refractivity contribution >= 4 is 16.7 Å². The minimum absolute atomic E-state index is 0.0696. The van der Waals surface area contributed by atoms with Crippen molar-refractivity contribution in [2.75, 3.05) is 54.6 Å². The van der Waals surface area contributed by atoms with Gasteiger partial charge in [-0.15, -0.1) is 0 Å². The molecule has 1 aliphatic heterocycles. The van der Waals surface area contributed by atoms with Gasteiger partial charge in [-0.2, -0.15) is 0 Å². The third kappa shape index (κ3) is 4.83. The topological polar surface area (TPSA) is 60.5 Å². The molecule has 0 unspecified atom stereocenters. The maximum atomic E-state index is 13.1. The number of carbonyl (C=O) groups is 1. The number of piperazine rings is 1. The summed E-state index contributed by atoms with van der Waals surface area (Å²) in [5.74, 6) is 2.77. The Labute approximate surface area is 194 Å². The van der Waals surface area contributed by atoms with Crippen molar-refractivity contribution in [3.05, 3.63) is 59.7 Å². The molecule has 1 saturated heterocycles. The fourth-order valence-electron chi connectivity index (χ4n) is 4.26. The number of carbonyl (C=O) groups excluding carboxylic acids is 1. The van der Waals surface area contributed by atoms with Crippen LogP contribution in [0.3, 0.4) is 0 Å². The Morgan fingerprint density at radius 3 is 2.00 bits per heavy atom. The molecule has 174 valence electrons. The Hall–Kier alpha value is -3.45. The third-order valence-electron chi connectivity index (χ3n) is 6.08. The van der Waals surface area contributed by atoms with Crippen LogP contribution in [0.25, 0.3) is 10.8 Å². The molecule has 0 saturated carbocycles. The number of nitrogens with zero attached hydrogens (tertiary/aromatic N) is 2. The van der Waals surface area contributed by atoms with Crippen molar-refractivity contribution in [2.45, 2.75) is 6.54 Å². The Bertz CT molecular complexity index is 1110. The first-order valence-electron chi connectivity index (χ1n) is 10.9. The molecule has 1 fully saturated rings. The number of methoxy groups -OCH3 is 4. The summed E-state index contributed by atoms with van der Waals surface area (Å²) >= 11 is 0. The van der Waals surface area contributed by atoms with Gasteiger partial charge in [-0.05, 0) is 52.7 Å². The first-order valence-corrected chi connectivity index (χ1v) is 10.9. The lowest BCUT2D eigenvalue weighted by atomic mass is 10.1. The monoisotopic (exact) mass is 450 g/mol. The van der Waals surface area contributed by atoms with E-state index in [0.29, 0.717) is 35.9 Å². The fourth-order valence-corrected chi connectivity index (χ4v) is 4.26. The summed E-state index contributed by atoms with van der Waals surface area (Å²) in [5, 5.41) is 2.09. The quantitative estimate of drug-likeness (QED) is 0.545. The number of rotatable bonds is 7. The maximum Gasteiger partial charge on any atom is 0.253 e. The lowest BCUT2D eigenvalue weighted by Crippen LogP contribution is -2.48. The number of benzene rings is 3. The second-order valence-electron chi connectivity index (χ2n) is 8.03. The van der Waals surface area contributed by atoms with Crippen LogP contribution in [0.1, 0.15) is 15.9 Å². The predicted octanol–water partition coefficient (Wildman–Crippen LogP) is 3.83. The van der Waals surface area contributed by atoms with E-state index in [1.54, 1.807) is 28.4 Å². The Morgan fingerprint density at radius 2 is 1.39 bits per heavy atom. The van der Waals surface area contributed by atoms with Gasteiger partial charge in [-0.1, -0.05) is 12.1 Å². The highest BCUT2D eigenvalue weighted by atomic mass is 16.5. The summed E-state index contributed by atoms with van der Waals surface area (Å²) < 4.78 is 21.6. The van der Waals surface area contributed by atoms with E-state index in [9.17, 15) is 4.79 Å². The molecule has 3 aromatic carbocycles.